The summed E-state index contributed by atoms with van der Waals surface area (Å²) in [6.07, 6.45) is 31.4. The van der Waals surface area contributed by atoms with Gasteiger partial charge in [0.15, 0.2) is 0 Å². The standard InChI is InChI=1S/C35H70O5/c1-3-5-7-9-11-13-15-17-19-21-23-25-27-29-34(38)33(35(39)40-31-32(37)30-36)28-26-24-22-20-18-16-14-12-10-8-6-4-2/h32-34,36-38H,3-31H2,1-2H3. The van der Waals surface area contributed by atoms with Crippen LogP contribution in [0.1, 0.15) is 187 Å². The molecular weight excluding hydrogens is 500 g/mol. The maximum Gasteiger partial charge on any atom is 0.311 e. The van der Waals surface area contributed by atoms with Crippen molar-refractivity contribution in [3.8, 4) is 0 Å². The molecule has 0 aromatic carbocycles. The van der Waals surface area contributed by atoms with Crippen molar-refractivity contribution in [1.82, 2.24) is 0 Å². The zero-order valence-electron chi connectivity index (χ0n) is 26.9. The number of carbonyl (C=O) groups is 1. The third-order valence-corrected chi connectivity index (χ3v) is 8.37. The number of aliphatic hydroxyl groups is 3. The highest BCUT2D eigenvalue weighted by Gasteiger charge is 2.28. The molecule has 0 fully saturated rings. The van der Waals surface area contributed by atoms with E-state index in [1.54, 1.807) is 0 Å². The first-order valence-corrected chi connectivity index (χ1v) is 17.7. The zero-order valence-corrected chi connectivity index (χ0v) is 26.9. The fourth-order valence-electron chi connectivity index (χ4n) is 5.58. The largest absolute Gasteiger partial charge is 0.463 e. The minimum absolute atomic E-state index is 0.213. The molecule has 0 saturated carbocycles. The van der Waals surface area contributed by atoms with Crippen molar-refractivity contribution in [1.29, 1.82) is 0 Å². The third kappa shape index (κ3) is 26.3. The van der Waals surface area contributed by atoms with Gasteiger partial charge in [0, 0.05) is 0 Å². The molecule has 0 aliphatic carbocycles. The highest BCUT2D eigenvalue weighted by atomic mass is 16.5. The van der Waals surface area contributed by atoms with Gasteiger partial charge < -0.3 is 20.1 Å². The molecule has 5 heteroatoms. The van der Waals surface area contributed by atoms with Crippen molar-refractivity contribution in [3.63, 3.8) is 0 Å². The summed E-state index contributed by atoms with van der Waals surface area (Å²) in [6.45, 7) is 3.88. The first kappa shape index (κ1) is 39.4. The molecule has 3 N–H and O–H groups in total. The van der Waals surface area contributed by atoms with E-state index < -0.39 is 30.7 Å². The Morgan fingerprint density at radius 2 is 0.850 bits per heavy atom. The Morgan fingerprint density at radius 1 is 0.525 bits per heavy atom. The summed E-state index contributed by atoms with van der Waals surface area (Å²) in [5, 5.41) is 29.4. The molecule has 240 valence electrons. The van der Waals surface area contributed by atoms with E-state index >= 15 is 0 Å². The van der Waals surface area contributed by atoms with Crippen molar-refractivity contribution in [2.75, 3.05) is 13.2 Å². The van der Waals surface area contributed by atoms with Crippen LogP contribution >= 0.6 is 0 Å². The predicted octanol–water partition coefficient (Wildman–Crippen LogP) is 9.43. The first-order chi connectivity index (χ1) is 19.6. The summed E-state index contributed by atoms with van der Waals surface area (Å²) >= 11 is 0. The molecule has 5 nitrogen and oxygen atoms in total. The third-order valence-electron chi connectivity index (χ3n) is 8.37. The van der Waals surface area contributed by atoms with E-state index in [2.05, 4.69) is 13.8 Å². The van der Waals surface area contributed by atoms with Crippen molar-refractivity contribution in [3.05, 3.63) is 0 Å². The number of rotatable bonds is 32. The van der Waals surface area contributed by atoms with Gasteiger partial charge in [-0.05, 0) is 12.8 Å². The minimum atomic E-state index is -1.06. The molecule has 0 bridgehead atoms. The monoisotopic (exact) mass is 571 g/mol. The van der Waals surface area contributed by atoms with Crippen LogP contribution in [-0.4, -0.2) is 46.7 Å². The van der Waals surface area contributed by atoms with E-state index in [0.29, 0.717) is 12.8 Å². The number of hydrogen-bond donors (Lipinski definition) is 3. The van der Waals surface area contributed by atoms with Crippen molar-refractivity contribution in [2.24, 2.45) is 5.92 Å². The summed E-state index contributed by atoms with van der Waals surface area (Å²) in [7, 11) is 0. The molecule has 40 heavy (non-hydrogen) atoms. The Kier molecular flexibility index (Phi) is 30.8. The molecule has 0 aromatic heterocycles. The van der Waals surface area contributed by atoms with Crippen LogP contribution in [0.25, 0.3) is 0 Å². The molecule has 0 saturated heterocycles. The Morgan fingerprint density at radius 3 is 1.20 bits per heavy atom. The molecule has 0 rings (SSSR count). The molecule has 3 unspecified atom stereocenters. The van der Waals surface area contributed by atoms with Gasteiger partial charge in [0.05, 0.1) is 18.6 Å². The number of unbranched alkanes of at least 4 members (excludes halogenated alkanes) is 23. The van der Waals surface area contributed by atoms with Gasteiger partial charge in [-0.3, -0.25) is 4.79 Å². The first-order valence-electron chi connectivity index (χ1n) is 17.7. The van der Waals surface area contributed by atoms with Crippen LogP contribution in [-0.2, 0) is 9.53 Å². The highest BCUT2D eigenvalue weighted by molar-refractivity contribution is 5.73. The van der Waals surface area contributed by atoms with Crippen LogP contribution in [0.4, 0.5) is 0 Å². The van der Waals surface area contributed by atoms with Crippen LogP contribution in [0, 0.1) is 5.92 Å². The van der Waals surface area contributed by atoms with Crippen LogP contribution in [0.2, 0.25) is 0 Å². The fraction of sp³-hybridized carbons (Fsp3) is 0.971. The molecule has 0 aliphatic heterocycles. The topological polar surface area (TPSA) is 87.0 Å². The molecule has 0 radical (unpaired) electrons. The summed E-state index contributed by atoms with van der Waals surface area (Å²) in [4.78, 5) is 12.7. The van der Waals surface area contributed by atoms with Crippen LogP contribution in [0.5, 0.6) is 0 Å². The van der Waals surface area contributed by atoms with Gasteiger partial charge in [-0.25, -0.2) is 0 Å². The van der Waals surface area contributed by atoms with E-state index in [9.17, 15) is 15.0 Å². The lowest BCUT2D eigenvalue weighted by Crippen LogP contribution is -2.32. The van der Waals surface area contributed by atoms with Gasteiger partial charge >= 0.3 is 5.97 Å². The minimum Gasteiger partial charge on any atom is -0.463 e. The second-order valence-electron chi connectivity index (χ2n) is 12.3. The lowest BCUT2D eigenvalue weighted by atomic mass is 9.91. The van der Waals surface area contributed by atoms with Gasteiger partial charge in [0.1, 0.15) is 12.7 Å². The molecule has 0 spiro atoms. The van der Waals surface area contributed by atoms with Gasteiger partial charge in [-0.2, -0.15) is 0 Å². The quantitative estimate of drug-likeness (QED) is 0.0554. The zero-order chi connectivity index (χ0) is 29.5. The smallest absolute Gasteiger partial charge is 0.311 e. The second-order valence-corrected chi connectivity index (χ2v) is 12.3. The molecule has 0 aromatic rings. The SMILES string of the molecule is CCCCCCCCCCCCCCCC(O)C(CCCCCCCCCCCCCC)C(=O)OCC(O)CO. The van der Waals surface area contributed by atoms with Gasteiger partial charge in [0.2, 0.25) is 0 Å². The fourth-order valence-corrected chi connectivity index (χ4v) is 5.58. The number of aliphatic hydroxyl groups excluding tert-OH is 3. The molecular formula is C35H70O5. The summed E-state index contributed by atoms with van der Waals surface area (Å²) in [5.41, 5.74) is 0. The maximum absolute atomic E-state index is 12.7. The Hall–Kier alpha value is -0.650. The lowest BCUT2D eigenvalue weighted by Gasteiger charge is -2.22. The molecule has 3 atom stereocenters. The van der Waals surface area contributed by atoms with Gasteiger partial charge in [-0.1, -0.05) is 174 Å². The van der Waals surface area contributed by atoms with Crippen molar-refractivity contribution < 1.29 is 24.9 Å². The number of esters is 1. The van der Waals surface area contributed by atoms with E-state index in [-0.39, 0.29) is 6.61 Å². The second kappa shape index (κ2) is 31.3. The van der Waals surface area contributed by atoms with Crippen LogP contribution in [0.3, 0.4) is 0 Å². The Labute approximate surface area is 249 Å². The summed E-state index contributed by atoms with van der Waals surface area (Å²) in [6, 6.07) is 0. The number of carbonyl (C=O) groups excluding carboxylic acids is 1. The number of ether oxygens (including phenoxy) is 1. The average Bonchev–Trinajstić information content (AvgIpc) is 2.96. The highest BCUT2D eigenvalue weighted by Crippen LogP contribution is 2.22. The molecule has 0 heterocycles. The van der Waals surface area contributed by atoms with Gasteiger partial charge in [-0.15, -0.1) is 0 Å². The Balaban J connectivity index is 4.06. The van der Waals surface area contributed by atoms with E-state index in [1.807, 2.05) is 0 Å². The Bertz CT molecular complexity index is 512. The summed E-state index contributed by atoms with van der Waals surface area (Å²) < 4.78 is 5.25. The maximum atomic E-state index is 12.7. The van der Waals surface area contributed by atoms with E-state index in [0.717, 1.165) is 25.7 Å². The normalized spacial score (nSPS) is 13.8. The molecule has 0 aliphatic rings. The van der Waals surface area contributed by atoms with E-state index in [4.69, 9.17) is 9.84 Å². The predicted molar refractivity (Wildman–Crippen MR) is 170 cm³/mol. The lowest BCUT2D eigenvalue weighted by molar-refractivity contribution is -0.156. The van der Waals surface area contributed by atoms with Gasteiger partial charge in [0.25, 0.3) is 0 Å². The van der Waals surface area contributed by atoms with Crippen molar-refractivity contribution >= 4 is 5.97 Å². The van der Waals surface area contributed by atoms with Crippen LogP contribution in [0.15, 0.2) is 0 Å². The number of hydrogen-bond acceptors (Lipinski definition) is 5. The van der Waals surface area contributed by atoms with Crippen molar-refractivity contribution in [2.45, 2.75) is 199 Å². The summed E-state index contributed by atoms with van der Waals surface area (Å²) in [5.74, 6) is -0.968. The average molecular weight is 571 g/mol. The molecule has 0 amide bonds. The van der Waals surface area contributed by atoms with E-state index in [1.165, 1.54) is 135 Å². The van der Waals surface area contributed by atoms with Crippen LogP contribution < -0.4 is 0 Å².